The molecule has 5 nitrogen and oxygen atoms in total. The number of hydrogen-bond acceptors (Lipinski definition) is 4. The van der Waals surface area contributed by atoms with Crippen LogP contribution in [0.1, 0.15) is 24.8 Å². The maximum atomic E-state index is 12.3. The molecular weight excluding hydrogens is 276 g/mol. The fourth-order valence-electron chi connectivity index (χ4n) is 3.06. The predicted octanol–water partition coefficient (Wildman–Crippen LogP) is 1.96. The molecule has 1 amide bonds. The Balaban J connectivity index is 1.54. The van der Waals surface area contributed by atoms with Crippen molar-refractivity contribution in [1.29, 1.82) is 5.26 Å². The number of nitriles is 1. The summed E-state index contributed by atoms with van der Waals surface area (Å²) in [7, 11) is 0. The van der Waals surface area contributed by atoms with Gasteiger partial charge in [-0.1, -0.05) is 12.2 Å². The van der Waals surface area contributed by atoms with Gasteiger partial charge in [0.15, 0.2) is 0 Å². The van der Waals surface area contributed by atoms with Crippen molar-refractivity contribution >= 4 is 11.7 Å². The molecule has 3 rings (SSSR count). The summed E-state index contributed by atoms with van der Waals surface area (Å²) >= 11 is 0. The third-order valence-electron chi connectivity index (χ3n) is 4.38. The molecule has 2 heterocycles. The van der Waals surface area contributed by atoms with Gasteiger partial charge in [0.25, 0.3) is 0 Å². The van der Waals surface area contributed by atoms with Crippen LogP contribution in [0, 0.1) is 17.2 Å². The number of carbonyl (C=O) groups excluding carboxylic acids is 1. The predicted molar refractivity (Wildman–Crippen MR) is 84.2 cm³/mol. The van der Waals surface area contributed by atoms with Crippen molar-refractivity contribution in [1.82, 2.24) is 9.88 Å². The van der Waals surface area contributed by atoms with E-state index in [0.717, 1.165) is 44.8 Å². The Labute approximate surface area is 130 Å². The summed E-state index contributed by atoms with van der Waals surface area (Å²) in [6, 6.07) is 5.65. The van der Waals surface area contributed by atoms with Crippen molar-refractivity contribution in [2.45, 2.75) is 19.3 Å². The van der Waals surface area contributed by atoms with Gasteiger partial charge >= 0.3 is 0 Å². The second-order valence-electron chi connectivity index (χ2n) is 5.85. The van der Waals surface area contributed by atoms with Crippen LogP contribution in [0.3, 0.4) is 0 Å². The smallest absolute Gasteiger partial charge is 0.223 e. The van der Waals surface area contributed by atoms with Crippen LogP contribution < -0.4 is 4.90 Å². The highest BCUT2D eigenvalue weighted by molar-refractivity contribution is 5.77. The van der Waals surface area contributed by atoms with Crippen molar-refractivity contribution in [3.8, 4) is 6.07 Å². The number of piperazine rings is 1. The highest BCUT2D eigenvalue weighted by Gasteiger charge is 2.24. The SMILES string of the molecule is N#Cc1ccnc(N2CCN(C(=O)C[C@H]3C=CCC3)CC2)c1. The van der Waals surface area contributed by atoms with Crippen LogP contribution in [-0.4, -0.2) is 42.0 Å². The zero-order valence-corrected chi connectivity index (χ0v) is 12.6. The molecule has 22 heavy (non-hydrogen) atoms. The number of carbonyl (C=O) groups is 1. The fraction of sp³-hybridized carbons (Fsp3) is 0.471. The second kappa shape index (κ2) is 6.61. The zero-order valence-electron chi connectivity index (χ0n) is 12.6. The Morgan fingerprint density at radius 3 is 2.86 bits per heavy atom. The first kappa shape index (κ1) is 14.6. The van der Waals surface area contributed by atoms with Crippen molar-refractivity contribution in [2.75, 3.05) is 31.1 Å². The molecule has 1 aromatic rings. The van der Waals surface area contributed by atoms with Gasteiger partial charge < -0.3 is 9.80 Å². The van der Waals surface area contributed by atoms with E-state index >= 15 is 0 Å². The summed E-state index contributed by atoms with van der Waals surface area (Å²) in [5.41, 5.74) is 0.622. The van der Waals surface area contributed by atoms with E-state index in [1.54, 1.807) is 18.3 Å². The van der Waals surface area contributed by atoms with Gasteiger partial charge in [-0.15, -0.1) is 0 Å². The molecule has 0 spiro atoms. The summed E-state index contributed by atoms with van der Waals surface area (Å²) in [5.74, 6) is 1.51. The van der Waals surface area contributed by atoms with Crippen LogP contribution in [0.5, 0.6) is 0 Å². The van der Waals surface area contributed by atoms with E-state index in [1.807, 2.05) is 4.90 Å². The third-order valence-corrected chi connectivity index (χ3v) is 4.38. The summed E-state index contributed by atoms with van der Waals surface area (Å²) in [6.07, 6.45) is 8.86. The zero-order chi connectivity index (χ0) is 15.4. The first-order valence-corrected chi connectivity index (χ1v) is 7.82. The number of aromatic nitrogens is 1. The Hall–Kier alpha value is -2.35. The average molecular weight is 296 g/mol. The Kier molecular flexibility index (Phi) is 4.38. The number of hydrogen-bond donors (Lipinski definition) is 0. The van der Waals surface area contributed by atoms with Gasteiger partial charge in [-0.2, -0.15) is 5.26 Å². The molecule has 0 N–H and O–H groups in total. The number of pyridine rings is 1. The summed E-state index contributed by atoms with van der Waals surface area (Å²) in [4.78, 5) is 20.7. The molecular formula is C17H20N4O. The highest BCUT2D eigenvalue weighted by atomic mass is 16.2. The van der Waals surface area contributed by atoms with Gasteiger partial charge in [-0.05, 0) is 30.9 Å². The van der Waals surface area contributed by atoms with Crippen molar-refractivity contribution < 1.29 is 4.79 Å². The second-order valence-corrected chi connectivity index (χ2v) is 5.85. The van der Waals surface area contributed by atoms with Crippen LogP contribution in [0.2, 0.25) is 0 Å². The molecule has 0 saturated carbocycles. The molecule has 1 aromatic heterocycles. The van der Waals surface area contributed by atoms with Crippen LogP contribution in [0.25, 0.3) is 0 Å². The molecule has 1 aliphatic heterocycles. The lowest BCUT2D eigenvalue weighted by atomic mass is 10.0. The Bertz CT molecular complexity index is 611. The van der Waals surface area contributed by atoms with E-state index in [1.165, 1.54) is 0 Å². The van der Waals surface area contributed by atoms with E-state index < -0.39 is 0 Å². The van der Waals surface area contributed by atoms with Gasteiger partial charge in [-0.25, -0.2) is 4.98 Å². The molecule has 1 atom stereocenters. The Morgan fingerprint density at radius 1 is 1.36 bits per heavy atom. The molecule has 0 aromatic carbocycles. The summed E-state index contributed by atoms with van der Waals surface area (Å²) < 4.78 is 0. The number of rotatable bonds is 3. The standard InChI is InChI=1S/C17H20N4O/c18-13-15-5-6-19-16(11-15)20-7-9-21(10-8-20)17(22)12-14-3-1-2-4-14/h1,3,5-6,11,14H,2,4,7-10,12H2/t14-/m0/s1. The molecule has 114 valence electrons. The molecule has 2 aliphatic rings. The van der Waals surface area contributed by atoms with E-state index in [0.29, 0.717) is 17.9 Å². The van der Waals surface area contributed by atoms with Crippen LogP contribution >= 0.6 is 0 Å². The fourth-order valence-corrected chi connectivity index (χ4v) is 3.06. The molecule has 1 saturated heterocycles. The van der Waals surface area contributed by atoms with Gasteiger partial charge in [0.1, 0.15) is 5.82 Å². The first-order valence-electron chi connectivity index (χ1n) is 7.82. The van der Waals surface area contributed by atoms with Gasteiger partial charge in [0.05, 0.1) is 11.6 Å². The normalized spacial score (nSPS) is 21.0. The Morgan fingerprint density at radius 2 is 2.18 bits per heavy atom. The first-order chi connectivity index (χ1) is 10.8. The van der Waals surface area contributed by atoms with Crippen molar-refractivity contribution in [3.63, 3.8) is 0 Å². The van der Waals surface area contributed by atoms with Gasteiger partial charge in [0.2, 0.25) is 5.91 Å². The number of allylic oxidation sites excluding steroid dienone is 2. The minimum absolute atomic E-state index is 0.259. The van der Waals surface area contributed by atoms with E-state index in [4.69, 9.17) is 5.26 Å². The molecule has 0 unspecified atom stereocenters. The molecule has 1 fully saturated rings. The highest BCUT2D eigenvalue weighted by Crippen LogP contribution is 2.22. The monoisotopic (exact) mass is 296 g/mol. The van der Waals surface area contributed by atoms with Crippen LogP contribution in [0.4, 0.5) is 5.82 Å². The topological polar surface area (TPSA) is 60.2 Å². The van der Waals surface area contributed by atoms with Crippen molar-refractivity contribution in [2.24, 2.45) is 5.92 Å². The molecule has 0 bridgehead atoms. The minimum atomic E-state index is 0.259. The number of nitrogens with zero attached hydrogens (tertiary/aromatic N) is 4. The van der Waals surface area contributed by atoms with Crippen LogP contribution in [-0.2, 0) is 4.79 Å². The largest absolute Gasteiger partial charge is 0.353 e. The van der Waals surface area contributed by atoms with Crippen molar-refractivity contribution in [3.05, 3.63) is 36.0 Å². The third kappa shape index (κ3) is 3.28. The minimum Gasteiger partial charge on any atom is -0.353 e. The lowest BCUT2D eigenvalue weighted by molar-refractivity contribution is -0.132. The lowest BCUT2D eigenvalue weighted by Gasteiger charge is -2.35. The maximum Gasteiger partial charge on any atom is 0.223 e. The molecule has 5 heteroatoms. The van der Waals surface area contributed by atoms with E-state index in [9.17, 15) is 4.79 Å². The van der Waals surface area contributed by atoms with Crippen LogP contribution in [0.15, 0.2) is 30.5 Å². The average Bonchev–Trinajstić information content (AvgIpc) is 3.08. The molecule has 1 aliphatic carbocycles. The quantitative estimate of drug-likeness (QED) is 0.800. The van der Waals surface area contributed by atoms with E-state index in [2.05, 4.69) is 28.1 Å². The summed E-state index contributed by atoms with van der Waals surface area (Å²) in [5, 5.41) is 8.96. The number of amides is 1. The van der Waals surface area contributed by atoms with E-state index in [-0.39, 0.29) is 5.91 Å². The lowest BCUT2D eigenvalue weighted by Crippen LogP contribution is -2.49. The van der Waals surface area contributed by atoms with Gasteiger partial charge in [-0.3, -0.25) is 4.79 Å². The number of anilines is 1. The maximum absolute atomic E-state index is 12.3. The molecule has 0 radical (unpaired) electrons. The van der Waals surface area contributed by atoms with Gasteiger partial charge in [0, 0.05) is 38.8 Å². The summed E-state index contributed by atoms with van der Waals surface area (Å²) in [6.45, 7) is 3.00.